The van der Waals surface area contributed by atoms with Gasteiger partial charge in [-0.1, -0.05) is 6.07 Å². The van der Waals surface area contributed by atoms with Crippen LogP contribution in [0.1, 0.15) is 27.3 Å². The fraction of sp³-hybridized carbons (Fsp3) is 0.450. The lowest BCUT2D eigenvalue weighted by Crippen LogP contribution is -2.37. The number of aryl methyl sites for hydroxylation is 1. The molecule has 0 N–H and O–H groups in total. The summed E-state index contributed by atoms with van der Waals surface area (Å²) in [5.74, 6) is 0.219. The minimum atomic E-state index is -0.393. The fourth-order valence-corrected chi connectivity index (χ4v) is 3.68. The molecule has 142 valence electrons. The molecule has 1 amide bonds. The summed E-state index contributed by atoms with van der Waals surface area (Å²) in [6.07, 6.45) is 1.39. The van der Waals surface area contributed by atoms with Crippen LogP contribution in [0.15, 0.2) is 24.3 Å². The van der Waals surface area contributed by atoms with Crippen molar-refractivity contribution in [3.63, 3.8) is 0 Å². The summed E-state index contributed by atoms with van der Waals surface area (Å²) in [7, 11) is 0. The van der Waals surface area contributed by atoms with Gasteiger partial charge >= 0.3 is 0 Å². The molecule has 0 saturated carbocycles. The van der Waals surface area contributed by atoms with Crippen molar-refractivity contribution in [2.75, 3.05) is 44.3 Å². The number of hydrogen-bond acceptors (Lipinski definition) is 5. The summed E-state index contributed by atoms with van der Waals surface area (Å²) in [6.45, 7) is 6.13. The number of carbonyl (C=O) groups excluding carboxylic acids is 1. The summed E-state index contributed by atoms with van der Waals surface area (Å²) in [6, 6.07) is 5.87. The third-order valence-electron chi connectivity index (χ3n) is 5.19. The Morgan fingerprint density at radius 1 is 1.11 bits per heavy atom. The van der Waals surface area contributed by atoms with Crippen LogP contribution in [0, 0.1) is 12.7 Å². The SMILES string of the molecule is Cc1nc(N2CCOCC2)nc2c1CCN(C(=O)c1cccc(F)c1)CC2. The number of aromatic nitrogens is 2. The minimum Gasteiger partial charge on any atom is -0.378 e. The molecule has 27 heavy (non-hydrogen) atoms. The number of morpholine rings is 1. The van der Waals surface area contributed by atoms with E-state index in [1.807, 2.05) is 6.92 Å². The van der Waals surface area contributed by atoms with Crippen LogP contribution in [-0.2, 0) is 17.6 Å². The van der Waals surface area contributed by atoms with Gasteiger partial charge in [-0.05, 0) is 37.1 Å². The highest BCUT2D eigenvalue weighted by Gasteiger charge is 2.24. The van der Waals surface area contributed by atoms with Crippen LogP contribution in [0.2, 0.25) is 0 Å². The molecule has 6 nitrogen and oxygen atoms in total. The highest BCUT2D eigenvalue weighted by Crippen LogP contribution is 2.22. The topological polar surface area (TPSA) is 58.6 Å². The van der Waals surface area contributed by atoms with Gasteiger partial charge in [0.25, 0.3) is 5.91 Å². The molecule has 2 aliphatic heterocycles. The molecule has 1 aromatic carbocycles. The van der Waals surface area contributed by atoms with Crippen molar-refractivity contribution >= 4 is 11.9 Å². The van der Waals surface area contributed by atoms with Crippen LogP contribution in [0.25, 0.3) is 0 Å². The number of anilines is 1. The molecule has 0 bridgehead atoms. The second-order valence-electron chi connectivity index (χ2n) is 6.94. The molecule has 7 heteroatoms. The molecule has 0 radical (unpaired) electrons. The number of benzene rings is 1. The monoisotopic (exact) mass is 370 g/mol. The average Bonchev–Trinajstić information content (AvgIpc) is 2.91. The smallest absolute Gasteiger partial charge is 0.253 e. The quantitative estimate of drug-likeness (QED) is 0.809. The van der Waals surface area contributed by atoms with Gasteiger partial charge in [0, 0.05) is 43.9 Å². The van der Waals surface area contributed by atoms with Gasteiger partial charge in [-0.15, -0.1) is 0 Å². The molecule has 1 aromatic heterocycles. The number of carbonyl (C=O) groups is 1. The summed E-state index contributed by atoms with van der Waals surface area (Å²) < 4.78 is 18.9. The number of rotatable bonds is 2. The maximum atomic E-state index is 13.5. The van der Waals surface area contributed by atoms with Crippen LogP contribution >= 0.6 is 0 Å². The Morgan fingerprint density at radius 3 is 2.67 bits per heavy atom. The number of amides is 1. The predicted molar refractivity (Wildman–Crippen MR) is 99.5 cm³/mol. The molecule has 1 fully saturated rings. The second-order valence-corrected chi connectivity index (χ2v) is 6.94. The Bertz CT molecular complexity index is 852. The highest BCUT2D eigenvalue weighted by molar-refractivity contribution is 5.94. The average molecular weight is 370 g/mol. The van der Waals surface area contributed by atoms with Crippen molar-refractivity contribution in [1.29, 1.82) is 0 Å². The molecule has 3 heterocycles. The summed E-state index contributed by atoms with van der Waals surface area (Å²) in [5.41, 5.74) is 3.50. The van der Waals surface area contributed by atoms with E-state index in [1.54, 1.807) is 17.0 Å². The lowest BCUT2D eigenvalue weighted by Gasteiger charge is -2.27. The normalized spacial score (nSPS) is 17.4. The van der Waals surface area contributed by atoms with Crippen LogP contribution in [-0.4, -0.2) is 60.2 Å². The van der Waals surface area contributed by atoms with E-state index in [2.05, 4.69) is 4.90 Å². The highest BCUT2D eigenvalue weighted by atomic mass is 19.1. The van der Waals surface area contributed by atoms with Crippen molar-refractivity contribution in [1.82, 2.24) is 14.9 Å². The molecule has 0 atom stereocenters. The Kier molecular flexibility index (Phi) is 5.03. The number of halogens is 1. The van der Waals surface area contributed by atoms with E-state index in [9.17, 15) is 9.18 Å². The van der Waals surface area contributed by atoms with Crippen molar-refractivity contribution in [2.24, 2.45) is 0 Å². The largest absolute Gasteiger partial charge is 0.378 e. The summed E-state index contributed by atoms with van der Waals surface area (Å²) in [5, 5.41) is 0. The number of hydrogen-bond donors (Lipinski definition) is 0. The molecular weight excluding hydrogens is 347 g/mol. The van der Waals surface area contributed by atoms with E-state index < -0.39 is 5.82 Å². The lowest BCUT2D eigenvalue weighted by atomic mass is 10.1. The lowest BCUT2D eigenvalue weighted by molar-refractivity contribution is 0.0762. The van der Waals surface area contributed by atoms with E-state index in [-0.39, 0.29) is 5.91 Å². The van der Waals surface area contributed by atoms with E-state index in [4.69, 9.17) is 14.7 Å². The van der Waals surface area contributed by atoms with E-state index in [1.165, 1.54) is 12.1 Å². The van der Waals surface area contributed by atoms with Crippen molar-refractivity contribution in [2.45, 2.75) is 19.8 Å². The van der Waals surface area contributed by atoms with Gasteiger partial charge in [0.05, 0.1) is 18.9 Å². The predicted octanol–water partition coefficient (Wildman–Crippen LogP) is 2.00. The molecule has 2 aliphatic rings. The zero-order chi connectivity index (χ0) is 18.8. The molecule has 4 rings (SSSR count). The second kappa shape index (κ2) is 7.60. The maximum Gasteiger partial charge on any atom is 0.253 e. The molecular formula is C20H23FN4O2. The van der Waals surface area contributed by atoms with Crippen molar-refractivity contribution < 1.29 is 13.9 Å². The third kappa shape index (κ3) is 3.78. The first-order valence-corrected chi connectivity index (χ1v) is 9.36. The van der Waals surface area contributed by atoms with Gasteiger partial charge < -0.3 is 14.5 Å². The molecule has 0 aliphatic carbocycles. The number of ether oxygens (including phenoxy) is 1. The molecule has 2 aromatic rings. The van der Waals surface area contributed by atoms with Gasteiger partial charge in [-0.25, -0.2) is 14.4 Å². The summed E-state index contributed by atoms with van der Waals surface area (Å²) >= 11 is 0. The first-order valence-electron chi connectivity index (χ1n) is 9.36. The minimum absolute atomic E-state index is 0.138. The fourth-order valence-electron chi connectivity index (χ4n) is 3.68. The van der Waals surface area contributed by atoms with Gasteiger partial charge in [-0.3, -0.25) is 4.79 Å². The molecule has 0 spiro atoms. The maximum absolute atomic E-state index is 13.5. The van der Waals surface area contributed by atoms with Gasteiger partial charge in [0.2, 0.25) is 5.95 Å². The molecule has 0 unspecified atom stereocenters. The Labute approximate surface area is 158 Å². The van der Waals surface area contributed by atoms with Crippen molar-refractivity contribution in [3.8, 4) is 0 Å². The Morgan fingerprint density at radius 2 is 1.89 bits per heavy atom. The first-order chi connectivity index (χ1) is 13.1. The van der Waals surface area contributed by atoms with Crippen LogP contribution < -0.4 is 4.90 Å². The van der Waals surface area contributed by atoms with E-state index >= 15 is 0 Å². The van der Waals surface area contributed by atoms with Gasteiger partial charge in [0.15, 0.2) is 0 Å². The van der Waals surface area contributed by atoms with E-state index in [0.29, 0.717) is 44.7 Å². The number of fused-ring (bicyclic) bond motifs is 1. The Hall–Kier alpha value is -2.54. The summed E-state index contributed by atoms with van der Waals surface area (Å²) in [4.78, 5) is 26.2. The standard InChI is InChI=1S/C20H23FN4O2/c1-14-17-5-7-24(19(26)15-3-2-4-16(21)13-15)8-6-18(17)23-20(22-14)25-9-11-27-12-10-25/h2-4,13H,5-12H2,1H3. The molecule has 1 saturated heterocycles. The first kappa shape index (κ1) is 17.9. The van der Waals surface area contributed by atoms with Crippen LogP contribution in [0.5, 0.6) is 0 Å². The van der Waals surface area contributed by atoms with Crippen molar-refractivity contribution in [3.05, 3.63) is 52.6 Å². The van der Waals surface area contributed by atoms with Crippen LogP contribution in [0.3, 0.4) is 0 Å². The zero-order valence-corrected chi connectivity index (χ0v) is 15.4. The third-order valence-corrected chi connectivity index (χ3v) is 5.19. The van der Waals surface area contributed by atoms with Gasteiger partial charge in [-0.2, -0.15) is 0 Å². The zero-order valence-electron chi connectivity index (χ0n) is 15.4. The van der Waals surface area contributed by atoms with Gasteiger partial charge in [0.1, 0.15) is 5.82 Å². The number of nitrogens with zero attached hydrogens (tertiary/aromatic N) is 4. The van der Waals surface area contributed by atoms with Crippen LogP contribution in [0.4, 0.5) is 10.3 Å². The Balaban J connectivity index is 1.54. The van der Waals surface area contributed by atoms with E-state index in [0.717, 1.165) is 36.0 Å².